The first-order valence-electron chi connectivity index (χ1n) is 8.35. The molecule has 8 heteroatoms. The van der Waals surface area contributed by atoms with E-state index in [1.165, 1.54) is 24.3 Å². The van der Waals surface area contributed by atoms with Crippen LogP contribution in [0.1, 0.15) is 28.4 Å². The van der Waals surface area contributed by atoms with Crippen LogP contribution in [0.2, 0.25) is 0 Å². The molecule has 0 radical (unpaired) electrons. The molecule has 0 spiro atoms. The van der Waals surface area contributed by atoms with Gasteiger partial charge in [-0.3, -0.25) is 10.1 Å². The van der Waals surface area contributed by atoms with Crippen LogP contribution in [0.4, 0.5) is 6.01 Å². The quantitative estimate of drug-likeness (QED) is 0.722. The topological polar surface area (TPSA) is 102 Å². The number of aryl methyl sites for hydroxylation is 2. The van der Waals surface area contributed by atoms with E-state index in [-0.39, 0.29) is 22.2 Å². The standard InChI is InChI=1S/C19H19N3O4S/c1-4-27(24,25)15-7-5-6-14(11-15)17(23)20-19-22-21-18(26-19)16-9-8-12(2)10-13(16)3/h5-11H,4H2,1-3H3,(H,20,22,23). The van der Waals surface area contributed by atoms with E-state index in [1.54, 1.807) is 6.92 Å². The average molecular weight is 385 g/mol. The van der Waals surface area contributed by atoms with Crippen molar-refractivity contribution in [1.29, 1.82) is 0 Å². The summed E-state index contributed by atoms with van der Waals surface area (Å²) in [4.78, 5) is 12.5. The van der Waals surface area contributed by atoms with Crippen LogP contribution in [0, 0.1) is 13.8 Å². The first kappa shape index (κ1) is 18.8. The monoisotopic (exact) mass is 385 g/mol. The lowest BCUT2D eigenvalue weighted by molar-refractivity contribution is 0.102. The van der Waals surface area contributed by atoms with Gasteiger partial charge in [0.15, 0.2) is 9.84 Å². The van der Waals surface area contributed by atoms with E-state index in [1.807, 2.05) is 32.0 Å². The van der Waals surface area contributed by atoms with Crippen LogP contribution >= 0.6 is 0 Å². The van der Waals surface area contributed by atoms with Crippen molar-refractivity contribution in [1.82, 2.24) is 10.2 Å². The number of hydrogen-bond donors (Lipinski definition) is 1. The van der Waals surface area contributed by atoms with Gasteiger partial charge in [-0.25, -0.2) is 8.42 Å². The highest BCUT2D eigenvalue weighted by Crippen LogP contribution is 2.24. The third kappa shape index (κ3) is 4.06. The molecule has 0 atom stereocenters. The van der Waals surface area contributed by atoms with E-state index in [2.05, 4.69) is 15.5 Å². The molecule has 0 aliphatic carbocycles. The molecule has 0 aliphatic heterocycles. The van der Waals surface area contributed by atoms with Gasteiger partial charge in [0.25, 0.3) is 5.91 Å². The highest BCUT2D eigenvalue weighted by Gasteiger charge is 2.17. The zero-order valence-corrected chi connectivity index (χ0v) is 16.0. The first-order chi connectivity index (χ1) is 12.8. The molecule has 0 bridgehead atoms. The van der Waals surface area contributed by atoms with E-state index < -0.39 is 15.7 Å². The zero-order chi connectivity index (χ0) is 19.6. The fourth-order valence-electron chi connectivity index (χ4n) is 2.60. The number of amides is 1. The second kappa shape index (κ2) is 7.32. The fraction of sp³-hybridized carbons (Fsp3) is 0.211. The first-order valence-corrected chi connectivity index (χ1v) is 10.0. The van der Waals surface area contributed by atoms with Gasteiger partial charge in [-0.2, -0.15) is 0 Å². The van der Waals surface area contributed by atoms with Crippen LogP contribution in [0.3, 0.4) is 0 Å². The second-order valence-electron chi connectivity index (χ2n) is 6.12. The van der Waals surface area contributed by atoms with Crippen molar-refractivity contribution in [2.45, 2.75) is 25.7 Å². The lowest BCUT2D eigenvalue weighted by Crippen LogP contribution is -2.13. The molecule has 0 fully saturated rings. The Morgan fingerprint density at radius 1 is 1.11 bits per heavy atom. The Kier molecular flexibility index (Phi) is 5.09. The third-order valence-corrected chi connectivity index (χ3v) is 5.83. The molecule has 1 aromatic heterocycles. The summed E-state index contributed by atoms with van der Waals surface area (Å²) < 4.78 is 29.5. The smallest absolute Gasteiger partial charge is 0.322 e. The Morgan fingerprint density at radius 2 is 1.89 bits per heavy atom. The van der Waals surface area contributed by atoms with Crippen molar-refractivity contribution in [2.75, 3.05) is 11.1 Å². The predicted octanol–water partition coefficient (Wildman–Crippen LogP) is 3.40. The Labute approximate surface area is 157 Å². The van der Waals surface area contributed by atoms with Crippen LogP contribution in [0.15, 0.2) is 51.8 Å². The van der Waals surface area contributed by atoms with E-state index >= 15 is 0 Å². The number of rotatable bonds is 5. The van der Waals surface area contributed by atoms with Gasteiger partial charge in [-0.15, -0.1) is 5.10 Å². The molecule has 1 N–H and O–H groups in total. The highest BCUT2D eigenvalue weighted by molar-refractivity contribution is 7.91. The predicted molar refractivity (Wildman–Crippen MR) is 101 cm³/mol. The molecule has 0 unspecified atom stereocenters. The molecular formula is C19H19N3O4S. The van der Waals surface area contributed by atoms with Crippen LogP contribution in [-0.2, 0) is 9.84 Å². The normalized spacial score (nSPS) is 11.4. The van der Waals surface area contributed by atoms with Gasteiger partial charge < -0.3 is 4.42 Å². The van der Waals surface area contributed by atoms with Crippen LogP contribution in [0.5, 0.6) is 0 Å². The molecule has 7 nitrogen and oxygen atoms in total. The minimum atomic E-state index is -3.40. The largest absolute Gasteiger partial charge is 0.403 e. The van der Waals surface area contributed by atoms with Crippen LogP contribution < -0.4 is 5.32 Å². The number of anilines is 1. The number of carbonyl (C=O) groups excluding carboxylic acids is 1. The number of carbonyl (C=O) groups is 1. The molecule has 1 amide bonds. The summed E-state index contributed by atoms with van der Waals surface area (Å²) in [6.07, 6.45) is 0. The molecule has 27 heavy (non-hydrogen) atoms. The molecule has 0 saturated carbocycles. The van der Waals surface area contributed by atoms with E-state index in [9.17, 15) is 13.2 Å². The second-order valence-corrected chi connectivity index (χ2v) is 8.39. The summed E-state index contributed by atoms with van der Waals surface area (Å²) in [6.45, 7) is 5.47. The van der Waals surface area contributed by atoms with E-state index in [0.717, 1.165) is 16.7 Å². The van der Waals surface area contributed by atoms with E-state index in [0.29, 0.717) is 5.89 Å². The summed E-state index contributed by atoms with van der Waals surface area (Å²) in [5.41, 5.74) is 3.07. The highest BCUT2D eigenvalue weighted by atomic mass is 32.2. The van der Waals surface area contributed by atoms with Gasteiger partial charge in [0.1, 0.15) is 0 Å². The number of nitrogens with one attached hydrogen (secondary N) is 1. The SMILES string of the molecule is CCS(=O)(=O)c1cccc(C(=O)Nc2nnc(-c3ccc(C)cc3C)o2)c1. The van der Waals surface area contributed by atoms with Crippen molar-refractivity contribution < 1.29 is 17.6 Å². The Morgan fingerprint density at radius 3 is 2.59 bits per heavy atom. The van der Waals surface area contributed by atoms with Crippen LogP contribution in [-0.4, -0.2) is 30.3 Å². The Hall–Kier alpha value is -3.00. The number of aromatic nitrogens is 2. The Bertz CT molecular complexity index is 1100. The molecule has 0 aliphatic rings. The molecule has 1 heterocycles. The molecule has 140 valence electrons. The van der Waals surface area contributed by atoms with Crippen LogP contribution in [0.25, 0.3) is 11.5 Å². The van der Waals surface area contributed by atoms with Gasteiger partial charge in [0, 0.05) is 11.1 Å². The van der Waals surface area contributed by atoms with Crippen molar-refractivity contribution in [3.63, 3.8) is 0 Å². The lowest BCUT2D eigenvalue weighted by Gasteiger charge is -2.05. The molecule has 3 aromatic rings. The minimum Gasteiger partial charge on any atom is -0.403 e. The molecule has 3 rings (SSSR count). The minimum absolute atomic E-state index is 0.0407. The maximum atomic E-state index is 12.4. The summed E-state index contributed by atoms with van der Waals surface area (Å²) in [5.74, 6) is -0.273. The fourth-order valence-corrected chi connectivity index (χ4v) is 3.53. The number of nitrogens with zero attached hydrogens (tertiary/aromatic N) is 2. The van der Waals surface area contributed by atoms with Crippen molar-refractivity contribution >= 4 is 21.8 Å². The van der Waals surface area contributed by atoms with Crippen molar-refractivity contribution in [3.8, 4) is 11.5 Å². The number of sulfone groups is 1. The maximum Gasteiger partial charge on any atom is 0.322 e. The summed E-state index contributed by atoms with van der Waals surface area (Å²) in [5, 5.41) is 10.3. The molecule has 0 saturated heterocycles. The Balaban J connectivity index is 1.82. The maximum absolute atomic E-state index is 12.4. The summed E-state index contributed by atoms with van der Waals surface area (Å²) in [6, 6.07) is 11.6. The van der Waals surface area contributed by atoms with Gasteiger partial charge in [0.05, 0.1) is 10.6 Å². The number of hydrogen-bond acceptors (Lipinski definition) is 6. The van der Waals surface area contributed by atoms with Gasteiger partial charge >= 0.3 is 6.01 Å². The van der Waals surface area contributed by atoms with E-state index in [4.69, 9.17) is 4.42 Å². The van der Waals surface area contributed by atoms with Crippen molar-refractivity contribution in [2.24, 2.45) is 0 Å². The number of benzene rings is 2. The van der Waals surface area contributed by atoms with Gasteiger partial charge in [-0.05, 0) is 43.7 Å². The van der Waals surface area contributed by atoms with Crippen molar-refractivity contribution in [3.05, 3.63) is 59.2 Å². The molecular weight excluding hydrogens is 366 g/mol. The van der Waals surface area contributed by atoms with Gasteiger partial charge in [-0.1, -0.05) is 35.8 Å². The lowest BCUT2D eigenvalue weighted by atomic mass is 10.1. The average Bonchev–Trinajstić information content (AvgIpc) is 3.10. The third-order valence-electron chi connectivity index (χ3n) is 4.09. The van der Waals surface area contributed by atoms with Gasteiger partial charge in [0.2, 0.25) is 5.89 Å². The molecule has 2 aromatic carbocycles. The summed E-state index contributed by atoms with van der Waals surface area (Å²) in [7, 11) is -3.40. The zero-order valence-electron chi connectivity index (χ0n) is 15.2. The summed E-state index contributed by atoms with van der Waals surface area (Å²) >= 11 is 0.